The Labute approximate surface area is 142 Å². The van der Waals surface area contributed by atoms with Crippen molar-refractivity contribution in [3.63, 3.8) is 0 Å². The first-order valence-corrected chi connectivity index (χ1v) is 9.13. The van der Waals surface area contributed by atoms with Crippen LogP contribution < -0.4 is 9.62 Å². The molecule has 1 aromatic carbocycles. The average molecular weight is 350 g/mol. The zero-order chi connectivity index (χ0) is 18.0. The van der Waals surface area contributed by atoms with Crippen molar-refractivity contribution < 1.29 is 17.6 Å². The summed E-state index contributed by atoms with van der Waals surface area (Å²) in [5.74, 6) is -0.407. The second-order valence-corrected chi connectivity index (χ2v) is 7.97. The Balaban J connectivity index is 2.28. The Morgan fingerprint density at radius 2 is 1.75 bits per heavy atom. The number of carbonyl (C=O) groups is 1. The summed E-state index contributed by atoms with van der Waals surface area (Å²) >= 11 is 0. The first kappa shape index (κ1) is 18.2. The molecule has 2 rings (SSSR count). The molecule has 1 N–H and O–H groups in total. The highest BCUT2D eigenvalue weighted by Gasteiger charge is 2.27. The molecule has 0 aliphatic heterocycles. The molecule has 7 heteroatoms. The minimum atomic E-state index is -3.82. The monoisotopic (exact) mass is 350 g/mol. The number of anilines is 1. The van der Waals surface area contributed by atoms with Gasteiger partial charge in [0.25, 0.3) is 15.9 Å². The van der Waals surface area contributed by atoms with Crippen molar-refractivity contribution in [1.82, 2.24) is 4.72 Å². The van der Waals surface area contributed by atoms with Crippen molar-refractivity contribution in [3.05, 3.63) is 48.2 Å². The quantitative estimate of drug-likeness (QED) is 0.899. The highest BCUT2D eigenvalue weighted by molar-refractivity contribution is 7.89. The van der Waals surface area contributed by atoms with Gasteiger partial charge >= 0.3 is 0 Å². The molecule has 0 fully saturated rings. The second-order valence-electron chi connectivity index (χ2n) is 6.36. The average Bonchev–Trinajstić information content (AvgIpc) is 2.97. The van der Waals surface area contributed by atoms with Crippen molar-refractivity contribution in [2.24, 2.45) is 0 Å². The lowest BCUT2D eigenvalue weighted by molar-refractivity contribution is 0.0956. The minimum absolute atomic E-state index is 0.0185. The summed E-state index contributed by atoms with van der Waals surface area (Å²) in [5.41, 5.74) is 0.0774. The fraction of sp³-hybridized carbons (Fsp3) is 0.353. The van der Waals surface area contributed by atoms with Gasteiger partial charge in [-0.15, -0.1) is 0 Å². The molecular formula is C17H22N2O4S. The van der Waals surface area contributed by atoms with Crippen LogP contribution in [0.5, 0.6) is 0 Å². The van der Waals surface area contributed by atoms with Gasteiger partial charge in [-0.05, 0) is 52.0 Å². The van der Waals surface area contributed by atoms with Crippen LogP contribution in [0.4, 0.5) is 5.69 Å². The van der Waals surface area contributed by atoms with E-state index in [1.165, 1.54) is 17.0 Å². The molecule has 0 bridgehead atoms. The molecule has 0 spiro atoms. The van der Waals surface area contributed by atoms with Crippen molar-refractivity contribution in [2.75, 3.05) is 11.4 Å². The van der Waals surface area contributed by atoms with Crippen LogP contribution in [0.3, 0.4) is 0 Å². The van der Waals surface area contributed by atoms with Crippen molar-refractivity contribution in [3.8, 4) is 0 Å². The number of hydrogen-bond donors (Lipinski definition) is 1. The van der Waals surface area contributed by atoms with E-state index in [1.807, 2.05) is 37.3 Å². The molecule has 6 nitrogen and oxygen atoms in total. The number of para-hydroxylation sites is 1. The minimum Gasteiger partial charge on any atom is -0.438 e. The lowest BCUT2D eigenvalue weighted by Gasteiger charge is -2.20. The van der Waals surface area contributed by atoms with E-state index in [0.29, 0.717) is 6.54 Å². The van der Waals surface area contributed by atoms with E-state index in [4.69, 9.17) is 4.42 Å². The number of hydrogen-bond acceptors (Lipinski definition) is 4. The molecular weight excluding hydrogens is 328 g/mol. The summed E-state index contributed by atoms with van der Waals surface area (Å²) in [5, 5.41) is -0.273. The van der Waals surface area contributed by atoms with Gasteiger partial charge in [0.05, 0.1) is 0 Å². The van der Waals surface area contributed by atoms with Gasteiger partial charge in [0.1, 0.15) is 0 Å². The highest BCUT2D eigenvalue weighted by atomic mass is 32.2. The number of carbonyl (C=O) groups excluding carboxylic acids is 1. The Hall–Kier alpha value is -2.12. The molecule has 0 aliphatic carbocycles. The number of furan rings is 1. The van der Waals surface area contributed by atoms with E-state index in [9.17, 15) is 13.2 Å². The van der Waals surface area contributed by atoms with Crippen LogP contribution in [0, 0.1) is 0 Å². The van der Waals surface area contributed by atoms with E-state index >= 15 is 0 Å². The van der Waals surface area contributed by atoms with Crippen LogP contribution in [0.15, 0.2) is 52.0 Å². The van der Waals surface area contributed by atoms with E-state index < -0.39 is 15.6 Å². The number of nitrogens with zero attached hydrogens (tertiary/aromatic N) is 1. The van der Waals surface area contributed by atoms with Gasteiger partial charge in [-0.1, -0.05) is 18.2 Å². The number of benzene rings is 1. The maximum Gasteiger partial charge on any atom is 0.294 e. The lowest BCUT2D eigenvalue weighted by atomic mass is 10.1. The largest absolute Gasteiger partial charge is 0.438 e. The molecule has 0 unspecified atom stereocenters. The van der Waals surface area contributed by atoms with Gasteiger partial charge < -0.3 is 9.32 Å². The third-order valence-electron chi connectivity index (χ3n) is 3.13. The molecule has 2 aromatic rings. The van der Waals surface area contributed by atoms with Crippen LogP contribution in [0.2, 0.25) is 0 Å². The number of rotatable bonds is 5. The molecule has 24 heavy (non-hydrogen) atoms. The van der Waals surface area contributed by atoms with E-state index in [-0.39, 0.29) is 16.8 Å². The van der Waals surface area contributed by atoms with Crippen LogP contribution in [-0.4, -0.2) is 26.4 Å². The van der Waals surface area contributed by atoms with Gasteiger partial charge in [0.15, 0.2) is 5.76 Å². The van der Waals surface area contributed by atoms with Crippen molar-refractivity contribution >= 4 is 21.6 Å². The van der Waals surface area contributed by atoms with Gasteiger partial charge in [-0.2, -0.15) is 0 Å². The van der Waals surface area contributed by atoms with E-state index in [1.54, 1.807) is 20.8 Å². The Bertz CT molecular complexity index is 805. The van der Waals surface area contributed by atoms with Crippen molar-refractivity contribution in [1.29, 1.82) is 0 Å². The third kappa shape index (κ3) is 4.24. The van der Waals surface area contributed by atoms with Gasteiger partial charge in [-0.3, -0.25) is 4.79 Å². The van der Waals surface area contributed by atoms with Gasteiger partial charge in [0, 0.05) is 17.8 Å². The summed E-state index contributed by atoms with van der Waals surface area (Å²) in [6, 6.07) is 11.8. The highest BCUT2D eigenvalue weighted by Crippen LogP contribution is 2.21. The standard InChI is InChI=1S/C17H22N2O4S/c1-5-19(13-9-7-6-8-10-13)16(20)14-11-12-15(23-14)24(21,22)18-17(2,3)4/h6-12,18H,5H2,1-4H3. The predicted molar refractivity (Wildman–Crippen MR) is 92.6 cm³/mol. The van der Waals surface area contributed by atoms with E-state index in [2.05, 4.69) is 4.72 Å². The molecule has 0 saturated carbocycles. The molecule has 0 atom stereocenters. The topological polar surface area (TPSA) is 79.6 Å². The third-order valence-corrected chi connectivity index (χ3v) is 4.76. The summed E-state index contributed by atoms with van der Waals surface area (Å²) < 4.78 is 32.3. The fourth-order valence-corrected chi connectivity index (χ4v) is 3.57. The zero-order valence-corrected chi connectivity index (χ0v) is 15.1. The summed E-state index contributed by atoms with van der Waals surface area (Å²) in [7, 11) is -3.82. The normalized spacial score (nSPS) is 12.2. The molecule has 0 saturated heterocycles. The Morgan fingerprint density at radius 1 is 1.12 bits per heavy atom. The number of nitrogens with one attached hydrogen (secondary N) is 1. The molecule has 1 heterocycles. The number of amides is 1. The van der Waals surface area contributed by atoms with Crippen LogP contribution >= 0.6 is 0 Å². The van der Waals surface area contributed by atoms with Crippen molar-refractivity contribution in [2.45, 2.75) is 38.3 Å². The second kappa shape index (κ2) is 6.78. The van der Waals surface area contributed by atoms with Crippen LogP contribution in [0.1, 0.15) is 38.2 Å². The number of sulfonamides is 1. The maximum atomic E-state index is 12.6. The maximum absolute atomic E-state index is 12.6. The molecule has 1 amide bonds. The van der Waals surface area contributed by atoms with Crippen LogP contribution in [0.25, 0.3) is 0 Å². The van der Waals surface area contributed by atoms with E-state index in [0.717, 1.165) is 5.69 Å². The zero-order valence-electron chi connectivity index (χ0n) is 14.2. The first-order chi connectivity index (χ1) is 11.1. The van der Waals surface area contributed by atoms with Gasteiger partial charge in [0.2, 0.25) is 5.09 Å². The Morgan fingerprint density at radius 3 is 2.29 bits per heavy atom. The lowest BCUT2D eigenvalue weighted by Crippen LogP contribution is -2.40. The Kier molecular flexibility index (Phi) is 5.15. The van der Waals surface area contributed by atoms with Gasteiger partial charge in [-0.25, -0.2) is 13.1 Å². The smallest absolute Gasteiger partial charge is 0.294 e. The first-order valence-electron chi connectivity index (χ1n) is 7.65. The van der Waals surface area contributed by atoms with Crippen LogP contribution in [-0.2, 0) is 10.0 Å². The molecule has 0 aliphatic rings. The molecule has 1 aromatic heterocycles. The fourth-order valence-electron chi connectivity index (χ4n) is 2.22. The molecule has 0 radical (unpaired) electrons. The predicted octanol–water partition coefficient (Wildman–Crippen LogP) is 3.02. The molecule has 130 valence electrons. The summed E-state index contributed by atoms with van der Waals surface area (Å²) in [4.78, 5) is 14.1. The SMILES string of the molecule is CCN(C(=O)c1ccc(S(=O)(=O)NC(C)(C)C)o1)c1ccccc1. The summed E-state index contributed by atoms with van der Waals surface area (Å²) in [6.45, 7) is 7.47. The summed E-state index contributed by atoms with van der Waals surface area (Å²) in [6.07, 6.45) is 0.